The second kappa shape index (κ2) is 16.6. The van der Waals surface area contributed by atoms with Crippen LogP contribution < -0.4 is 31.9 Å². The van der Waals surface area contributed by atoms with E-state index in [1.165, 1.54) is 0 Å². The van der Waals surface area contributed by atoms with Gasteiger partial charge in [0, 0.05) is 41.6 Å². The Kier molecular flexibility index (Phi) is 11.6. The molecule has 0 aromatic heterocycles. The van der Waals surface area contributed by atoms with E-state index in [0.717, 1.165) is 62.0 Å². The van der Waals surface area contributed by atoms with Crippen molar-refractivity contribution in [2.75, 3.05) is 16.0 Å². The number of aliphatic carboxylic acids is 1. The van der Waals surface area contributed by atoms with E-state index in [4.69, 9.17) is 0 Å². The van der Waals surface area contributed by atoms with Gasteiger partial charge >= 0.3 is 24.1 Å². The highest BCUT2D eigenvalue weighted by Gasteiger charge is 2.66. The lowest BCUT2D eigenvalue weighted by atomic mass is 9.42. The number of carbonyl (C=O) groups excluding carboxylic acids is 3. The van der Waals surface area contributed by atoms with Crippen LogP contribution in [0.3, 0.4) is 0 Å². The Morgan fingerprint density at radius 3 is 1.77 bits per heavy atom. The summed E-state index contributed by atoms with van der Waals surface area (Å²) in [6.45, 7) is 6.93. The first-order valence-corrected chi connectivity index (χ1v) is 20.5. The number of benzene rings is 3. The molecule has 11 atom stereocenters. The van der Waals surface area contributed by atoms with Gasteiger partial charge in [0.15, 0.2) is 0 Å². The fraction of sp³-hybridized carbons (Fsp3) is 0.511. The molecule has 0 saturated heterocycles. The van der Waals surface area contributed by atoms with Crippen LogP contribution in [0.1, 0.15) is 78.6 Å². The van der Waals surface area contributed by atoms with E-state index in [9.17, 15) is 24.3 Å². The largest absolute Gasteiger partial charge is 0.481 e. The molecule has 11 nitrogen and oxygen atoms in total. The average Bonchev–Trinajstić information content (AvgIpc) is 3.54. The molecule has 0 spiro atoms. The van der Waals surface area contributed by atoms with Crippen molar-refractivity contribution in [1.82, 2.24) is 16.0 Å². The molecular formula is C45H58N6O5. The zero-order valence-corrected chi connectivity index (χ0v) is 32.8. The van der Waals surface area contributed by atoms with Crippen molar-refractivity contribution in [3.63, 3.8) is 0 Å². The van der Waals surface area contributed by atoms with E-state index >= 15 is 0 Å². The molecule has 6 amide bonds. The van der Waals surface area contributed by atoms with Crippen LogP contribution in [-0.4, -0.2) is 47.3 Å². The van der Waals surface area contributed by atoms with Crippen molar-refractivity contribution in [1.29, 1.82) is 0 Å². The Morgan fingerprint density at radius 1 is 0.679 bits per heavy atom. The molecule has 0 bridgehead atoms. The third-order valence-electron chi connectivity index (χ3n) is 14.5. The smallest absolute Gasteiger partial charge is 0.319 e. The van der Waals surface area contributed by atoms with Gasteiger partial charge in [0.1, 0.15) is 0 Å². The Bertz CT molecular complexity index is 1850. The molecular weight excluding hydrogens is 705 g/mol. The fourth-order valence-corrected chi connectivity index (χ4v) is 11.9. The maximum atomic E-state index is 13.9. The molecule has 0 unspecified atom stereocenters. The predicted octanol–water partition coefficient (Wildman–Crippen LogP) is 8.94. The molecule has 4 aliphatic rings. The number of carboxylic acid groups (broad SMARTS) is 1. The quantitative estimate of drug-likeness (QED) is 0.110. The van der Waals surface area contributed by atoms with Crippen LogP contribution in [0.2, 0.25) is 0 Å². The number of rotatable bonds is 10. The molecule has 298 valence electrons. The summed E-state index contributed by atoms with van der Waals surface area (Å²) in [6, 6.07) is 27.4. The zero-order valence-electron chi connectivity index (χ0n) is 32.8. The summed E-state index contributed by atoms with van der Waals surface area (Å²) in [6.07, 6.45) is 6.67. The molecule has 4 fully saturated rings. The van der Waals surface area contributed by atoms with E-state index in [0.29, 0.717) is 6.42 Å². The molecule has 7 N–H and O–H groups in total. The van der Waals surface area contributed by atoms with Gasteiger partial charge in [-0.05, 0) is 134 Å². The van der Waals surface area contributed by atoms with Crippen LogP contribution in [0.4, 0.5) is 31.4 Å². The molecule has 56 heavy (non-hydrogen) atoms. The number of para-hydroxylation sites is 3. The zero-order chi connectivity index (χ0) is 39.5. The highest BCUT2D eigenvalue weighted by molar-refractivity contribution is 5.90. The summed E-state index contributed by atoms with van der Waals surface area (Å²) < 4.78 is 0. The van der Waals surface area contributed by atoms with E-state index < -0.39 is 5.97 Å². The predicted molar refractivity (Wildman–Crippen MR) is 219 cm³/mol. The number of nitrogens with one attached hydrogen (secondary N) is 6. The van der Waals surface area contributed by atoms with Gasteiger partial charge in [0.05, 0.1) is 0 Å². The van der Waals surface area contributed by atoms with Crippen LogP contribution in [0.5, 0.6) is 0 Å². The van der Waals surface area contributed by atoms with Gasteiger partial charge in [0.2, 0.25) is 0 Å². The average molecular weight is 763 g/mol. The molecule has 4 aliphatic carbocycles. The number of hydrogen-bond acceptors (Lipinski definition) is 4. The number of carboxylic acids is 1. The number of anilines is 3. The lowest BCUT2D eigenvalue weighted by molar-refractivity contribution is -0.142. The van der Waals surface area contributed by atoms with E-state index in [-0.39, 0.29) is 89.0 Å². The second-order valence-electron chi connectivity index (χ2n) is 17.4. The van der Waals surface area contributed by atoms with Crippen LogP contribution >= 0.6 is 0 Å². The standard InChI is InChI=1S/C45H58N6O5/c1-28(19-22-39(52)53)34-20-21-35-40-36(27-38(45(34,35)3)51-43(56)48-32-17-11-6-12-18-32)44(2)24-23-33(49-41(54)46-30-13-7-4-8-14-30)25-29(44)26-37(40)50-42(55)47-31-15-9-5-10-16-31/h4-18,28-29,33-38,40H,19-27H2,1-3H3,(H,52,53)(H2,46,49,54)(H2,47,50,55)(H2,48,51,56)/t28-,29+,33-,34-,35+,36+,37-,38+,40+,44+,45-/m1/s1. The molecule has 4 saturated carbocycles. The third kappa shape index (κ3) is 8.22. The number of hydrogen-bond donors (Lipinski definition) is 7. The van der Waals surface area contributed by atoms with Gasteiger partial charge in [-0.3, -0.25) is 4.79 Å². The van der Waals surface area contributed by atoms with Crippen LogP contribution in [-0.2, 0) is 4.79 Å². The molecule has 0 heterocycles. The highest BCUT2D eigenvalue weighted by atomic mass is 16.4. The van der Waals surface area contributed by atoms with Crippen molar-refractivity contribution < 1.29 is 24.3 Å². The normalized spacial score (nSPS) is 32.3. The van der Waals surface area contributed by atoms with Gasteiger partial charge < -0.3 is 37.0 Å². The van der Waals surface area contributed by atoms with E-state index in [1.54, 1.807) is 0 Å². The van der Waals surface area contributed by atoms with Crippen LogP contribution in [0, 0.1) is 46.3 Å². The summed E-state index contributed by atoms with van der Waals surface area (Å²) in [5.74, 6) is 0.296. The second-order valence-corrected chi connectivity index (χ2v) is 17.4. The number of carbonyl (C=O) groups is 4. The number of amides is 6. The van der Waals surface area contributed by atoms with Gasteiger partial charge in [-0.2, -0.15) is 0 Å². The van der Waals surface area contributed by atoms with Crippen LogP contribution in [0.15, 0.2) is 91.0 Å². The Morgan fingerprint density at radius 2 is 1.21 bits per heavy atom. The minimum atomic E-state index is -0.792. The van der Waals surface area contributed by atoms with Crippen molar-refractivity contribution in [3.8, 4) is 0 Å². The van der Waals surface area contributed by atoms with Crippen molar-refractivity contribution >= 4 is 41.1 Å². The van der Waals surface area contributed by atoms with Crippen molar-refractivity contribution in [2.24, 2.45) is 46.3 Å². The Hall–Kier alpha value is -5.06. The van der Waals surface area contributed by atoms with E-state index in [1.807, 2.05) is 91.0 Å². The summed E-state index contributed by atoms with van der Waals surface area (Å²) in [5, 5.41) is 29.0. The van der Waals surface area contributed by atoms with Gasteiger partial charge in [0.25, 0.3) is 0 Å². The SMILES string of the molecule is C[C@H](CCC(=O)O)[C@H]1CC[C@H]2[C@@H]3[C@H](NC(=O)Nc4ccccc4)C[C@@H]4C[C@H](NC(=O)Nc5ccccc5)CC[C@]4(C)[C@H]3C[C@H](NC(=O)Nc3ccccc3)[C@]12C. The molecule has 0 radical (unpaired) electrons. The molecule has 7 rings (SSSR count). The first kappa shape index (κ1) is 39.2. The van der Waals surface area contributed by atoms with Gasteiger partial charge in [-0.15, -0.1) is 0 Å². The van der Waals surface area contributed by atoms with Gasteiger partial charge in [-0.1, -0.05) is 75.4 Å². The summed E-state index contributed by atoms with van der Waals surface area (Å²) in [4.78, 5) is 52.6. The molecule has 3 aromatic rings. The number of fused-ring (bicyclic) bond motifs is 5. The monoisotopic (exact) mass is 762 g/mol. The molecule has 3 aromatic carbocycles. The van der Waals surface area contributed by atoms with Crippen molar-refractivity contribution in [3.05, 3.63) is 91.0 Å². The minimum Gasteiger partial charge on any atom is -0.481 e. The van der Waals surface area contributed by atoms with Crippen LogP contribution in [0.25, 0.3) is 0 Å². The summed E-state index contributed by atoms with van der Waals surface area (Å²) in [7, 11) is 0. The maximum Gasteiger partial charge on any atom is 0.319 e. The first-order chi connectivity index (χ1) is 26.9. The maximum absolute atomic E-state index is 13.9. The minimum absolute atomic E-state index is 0.0162. The lowest BCUT2D eigenvalue weighted by Crippen LogP contribution is -2.68. The number of urea groups is 3. The highest BCUT2D eigenvalue weighted by Crippen LogP contribution is 2.68. The molecule has 11 heteroatoms. The topological polar surface area (TPSA) is 161 Å². The fourth-order valence-electron chi connectivity index (χ4n) is 11.9. The first-order valence-electron chi connectivity index (χ1n) is 20.5. The van der Waals surface area contributed by atoms with Gasteiger partial charge in [-0.25, -0.2) is 14.4 Å². The summed E-state index contributed by atoms with van der Waals surface area (Å²) >= 11 is 0. The van der Waals surface area contributed by atoms with Crippen molar-refractivity contribution in [2.45, 2.75) is 96.7 Å². The molecule has 0 aliphatic heterocycles. The third-order valence-corrected chi connectivity index (χ3v) is 14.5. The lowest BCUT2D eigenvalue weighted by Gasteiger charge is -2.65. The summed E-state index contributed by atoms with van der Waals surface area (Å²) in [5.41, 5.74) is 1.77. The Balaban J connectivity index is 1.20. The Labute approximate surface area is 330 Å². The van der Waals surface area contributed by atoms with E-state index in [2.05, 4.69) is 52.7 Å².